The van der Waals surface area contributed by atoms with Crippen molar-refractivity contribution >= 4 is 17.3 Å². The van der Waals surface area contributed by atoms with Crippen LogP contribution in [-0.4, -0.2) is 48.6 Å². The first-order valence-corrected chi connectivity index (χ1v) is 10.6. The molecular weight excluding hydrogens is 330 g/mol. The predicted octanol–water partition coefficient (Wildman–Crippen LogP) is 3.13. The van der Waals surface area contributed by atoms with E-state index in [1.54, 1.807) is 11.3 Å². The summed E-state index contributed by atoms with van der Waals surface area (Å²) >= 11 is 1.76. The smallest absolute Gasteiger partial charge is 0.191 e. The van der Waals surface area contributed by atoms with Crippen LogP contribution >= 0.6 is 11.3 Å². The van der Waals surface area contributed by atoms with Gasteiger partial charge in [-0.3, -0.25) is 0 Å². The first-order chi connectivity index (χ1) is 12.1. The molecule has 1 saturated heterocycles. The van der Waals surface area contributed by atoms with Crippen molar-refractivity contribution in [1.82, 2.24) is 20.5 Å². The van der Waals surface area contributed by atoms with Crippen molar-refractivity contribution in [1.29, 1.82) is 0 Å². The monoisotopic (exact) mass is 365 g/mol. The second-order valence-corrected chi connectivity index (χ2v) is 8.51. The van der Waals surface area contributed by atoms with Crippen molar-refractivity contribution in [3.8, 4) is 0 Å². The van der Waals surface area contributed by atoms with Gasteiger partial charge in [-0.15, -0.1) is 11.3 Å². The fourth-order valence-corrected chi connectivity index (χ4v) is 4.10. The summed E-state index contributed by atoms with van der Waals surface area (Å²) in [4.78, 5) is 13.1. The quantitative estimate of drug-likeness (QED) is 0.549. The molecule has 0 aromatic carbocycles. The molecule has 1 atom stereocenters. The summed E-state index contributed by atoms with van der Waals surface area (Å²) in [5.74, 6) is 2.37. The maximum Gasteiger partial charge on any atom is 0.191 e. The molecule has 1 aliphatic rings. The van der Waals surface area contributed by atoms with E-state index in [0.29, 0.717) is 12.5 Å². The minimum atomic E-state index is 0.657. The van der Waals surface area contributed by atoms with E-state index in [1.807, 2.05) is 6.20 Å². The molecule has 1 unspecified atom stereocenters. The van der Waals surface area contributed by atoms with Crippen LogP contribution in [0, 0.1) is 11.8 Å². The minimum absolute atomic E-state index is 0.657. The van der Waals surface area contributed by atoms with Gasteiger partial charge < -0.3 is 15.5 Å². The second kappa shape index (κ2) is 10.8. The van der Waals surface area contributed by atoms with E-state index < -0.39 is 0 Å². The molecule has 0 aliphatic carbocycles. The van der Waals surface area contributed by atoms with E-state index in [0.717, 1.165) is 36.4 Å². The third kappa shape index (κ3) is 7.32. The molecule has 1 aliphatic heterocycles. The molecule has 1 fully saturated rings. The van der Waals surface area contributed by atoms with E-state index in [4.69, 9.17) is 4.99 Å². The number of guanidine groups is 1. The van der Waals surface area contributed by atoms with Crippen molar-refractivity contribution in [2.45, 2.75) is 53.5 Å². The first-order valence-electron chi connectivity index (χ1n) is 9.78. The number of hydrogen-bond donors (Lipinski definition) is 2. The molecule has 0 spiro atoms. The number of nitrogens with zero attached hydrogens (tertiary/aromatic N) is 3. The highest BCUT2D eigenvalue weighted by molar-refractivity contribution is 7.11. The Morgan fingerprint density at radius 3 is 2.92 bits per heavy atom. The summed E-state index contributed by atoms with van der Waals surface area (Å²) < 4.78 is 0. The number of piperidine rings is 1. The molecular formula is C19H35N5S. The molecule has 5 nitrogen and oxygen atoms in total. The summed E-state index contributed by atoms with van der Waals surface area (Å²) in [5.41, 5.74) is 0. The van der Waals surface area contributed by atoms with Gasteiger partial charge >= 0.3 is 0 Å². The summed E-state index contributed by atoms with van der Waals surface area (Å²) in [6.45, 7) is 15.1. The molecule has 1 aromatic rings. The number of likely N-dealkylation sites (tertiary alicyclic amines) is 1. The van der Waals surface area contributed by atoms with Gasteiger partial charge in [-0.05, 0) is 44.6 Å². The molecule has 1 aromatic heterocycles. The van der Waals surface area contributed by atoms with Crippen LogP contribution in [0.4, 0.5) is 0 Å². The van der Waals surface area contributed by atoms with Gasteiger partial charge in [0, 0.05) is 37.3 Å². The van der Waals surface area contributed by atoms with E-state index in [9.17, 15) is 0 Å². The molecule has 0 saturated carbocycles. The fraction of sp³-hybridized carbons (Fsp3) is 0.789. The number of aryl methyl sites for hydroxylation is 1. The highest BCUT2D eigenvalue weighted by Crippen LogP contribution is 2.17. The largest absolute Gasteiger partial charge is 0.357 e. The lowest BCUT2D eigenvalue weighted by molar-refractivity contribution is 0.159. The molecule has 2 N–H and O–H groups in total. The lowest BCUT2D eigenvalue weighted by Gasteiger charge is -2.34. The van der Waals surface area contributed by atoms with E-state index in [1.165, 1.54) is 37.4 Å². The molecule has 6 heteroatoms. The maximum atomic E-state index is 4.71. The highest BCUT2D eigenvalue weighted by Gasteiger charge is 2.20. The Bertz CT molecular complexity index is 526. The Kier molecular flexibility index (Phi) is 8.68. The Morgan fingerprint density at radius 1 is 1.40 bits per heavy atom. The summed E-state index contributed by atoms with van der Waals surface area (Å²) in [6, 6.07) is 0. The summed E-state index contributed by atoms with van der Waals surface area (Å²) in [7, 11) is 0. The normalized spacial score (nSPS) is 19.4. The fourth-order valence-electron chi connectivity index (χ4n) is 3.31. The summed E-state index contributed by atoms with van der Waals surface area (Å²) in [5, 5.41) is 8.00. The number of aromatic nitrogens is 1. The molecule has 0 bridgehead atoms. The zero-order chi connectivity index (χ0) is 18.1. The highest BCUT2D eigenvalue weighted by atomic mass is 32.1. The number of rotatable bonds is 8. The number of thiazole rings is 1. The lowest BCUT2D eigenvalue weighted by atomic mass is 9.97. The molecule has 25 heavy (non-hydrogen) atoms. The third-order valence-electron chi connectivity index (χ3n) is 4.45. The Labute approximate surface area is 157 Å². The van der Waals surface area contributed by atoms with Gasteiger partial charge in [-0.2, -0.15) is 0 Å². The van der Waals surface area contributed by atoms with Crippen LogP contribution in [-0.2, 0) is 13.0 Å². The van der Waals surface area contributed by atoms with Crippen LogP contribution < -0.4 is 10.6 Å². The lowest BCUT2D eigenvalue weighted by Crippen LogP contribution is -2.45. The Balaban J connectivity index is 1.82. The molecule has 142 valence electrons. The average Bonchev–Trinajstić information content (AvgIpc) is 3.05. The van der Waals surface area contributed by atoms with Gasteiger partial charge in [0.25, 0.3) is 0 Å². The first kappa shape index (κ1) is 20.2. The molecule has 0 amide bonds. The second-order valence-electron chi connectivity index (χ2n) is 7.31. The zero-order valence-electron chi connectivity index (χ0n) is 16.3. The molecule has 2 heterocycles. The number of hydrogen-bond acceptors (Lipinski definition) is 4. The van der Waals surface area contributed by atoms with Crippen molar-refractivity contribution in [2.75, 3.05) is 32.7 Å². The maximum absolute atomic E-state index is 4.71. The Morgan fingerprint density at radius 2 is 2.24 bits per heavy atom. The topological polar surface area (TPSA) is 52.6 Å². The van der Waals surface area contributed by atoms with Crippen LogP contribution in [0.2, 0.25) is 0 Å². The number of nitrogens with one attached hydrogen (secondary N) is 2. The SMILES string of the molecule is CCNC(=NCc1ncc(CC)s1)NCC1CCCN(CC(C)C)C1. The average molecular weight is 366 g/mol. The predicted molar refractivity (Wildman–Crippen MR) is 108 cm³/mol. The molecule has 2 rings (SSSR count). The Hall–Kier alpha value is -1.14. The van der Waals surface area contributed by atoms with Crippen molar-refractivity contribution in [3.05, 3.63) is 16.1 Å². The van der Waals surface area contributed by atoms with Gasteiger partial charge in [0.05, 0.1) is 6.54 Å². The van der Waals surface area contributed by atoms with E-state index in [2.05, 4.69) is 48.2 Å². The van der Waals surface area contributed by atoms with E-state index in [-0.39, 0.29) is 0 Å². The van der Waals surface area contributed by atoms with Crippen LogP contribution in [0.5, 0.6) is 0 Å². The van der Waals surface area contributed by atoms with Gasteiger partial charge in [0.15, 0.2) is 5.96 Å². The zero-order valence-corrected chi connectivity index (χ0v) is 17.2. The van der Waals surface area contributed by atoms with Crippen LogP contribution in [0.3, 0.4) is 0 Å². The van der Waals surface area contributed by atoms with Crippen LogP contribution in [0.25, 0.3) is 0 Å². The van der Waals surface area contributed by atoms with Crippen molar-refractivity contribution < 1.29 is 0 Å². The van der Waals surface area contributed by atoms with Crippen LogP contribution in [0.15, 0.2) is 11.2 Å². The van der Waals surface area contributed by atoms with Gasteiger partial charge in [-0.25, -0.2) is 9.98 Å². The van der Waals surface area contributed by atoms with Gasteiger partial charge in [0.1, 0.15) is 5.01 Å². The van der Waals surface area contributed by atoms with Crippen molar-refractivity contribution in [2.24, 2.45) is 16.8 Å². The minimum Gasteiger partial charge on any atom is -0.357 e. The molecule has 0 radical (unpaired) electrons. The number of aliphatic imine (C=N–C) groups is 1. The van der Waals surface area contributed by atoms with Gasteiger partial charge in [-0.1, -0.05) is 20.8 Å². The standard InChI is InChI=1S/C19H35N5S/c1-5-17-11-21-18(25-17)12-23-19(20-6-2)22-10-16-8-7-9-24(14-16)13-15(3)4/h11,15-16H,5-10,12-14H2,1-4H3,(H2,20,22,23). The van der Waals surface area contributed by atoms with Crippen molar-refractivity contribution in [3.63, 3.8) is 0 Å². The summed E-state index contributed by atoms with van der Waals surface area (Å²) in [6.07, 6.45) is 5.65. The van der Waals surface area contributed by atoms with E-state index >= 15 is 0 Å². The third-order valence-corrected chi connectivity index (χ3v) is 5.58. The van der Waals surface area contributed by atoms with Gasteiger partial charge in [0.2, 0.25) is 0 Å². The van der Waals surface area contributed by atoms with Crippen LogP contribution in [0.1, 0.15) is 50.4 Å².